The van der Waals surface area contributed by atoms with E-state index in [2.05, 4.69) is 9.47 Å². The SMILES string of the molecule is COC(=O)CCc1ccc(O)cc1C.COC(=O)CCc1ccc(OC(=S)N(C)C)cc1C. The van der Waals surface area contributed by atoms with Gasteiger partial charge in [0.2, 0.25) is 0 Å². The quantitative estimate of drug-likeness (QED) is 0.473. The number of aryl methyl sites for hydroxylation is 4. The van der Waals surface area contributed by atoms with Crippen molar-refractivity contribution in [3.63, 3.8) is 0 Å². The van der Waals surface area contributed by atoms with E-state index < -0.39 is 0 Å². The fraction of sp³-hybridized carbons (Fsp3) is 0.400. The molecule has 0 bridgehead atoms. The highest BCUT2D eigenvalue weighted by Gasteiger charge is 2.07. The maximum absolute atomic E-state index is 11.1. The summed E-state index contributed by atoms with van der Waals surface area (Å²) in [7, 11) is 6.44. The lowest BCUT2D eigenvalue weighted by atomic mass is 10.0. The van der Waals surface area contributed by atoms with E-state index in [4.69, 9.17) is 22.1 Å². The van der Waals surface area contributed by atoms with E-state index in [1.165, 1.54) is 14.2 Å². The minimum Gasteiger partial charge on any atom is -0.508 e. The van der Waals surface area contributed by atoms with E-state index in [-0.39, 0.29) is 17.7 Å². The number of methoxy groups -OCH3 is 2. The summed E-state index contributed by atoms with van der Waals surface area (Å²) in [6.45, 7) is 3.89. The summed E-state index contributed by atoms with van der Waals surface area (Å²) in [5.41, 5.74) is 4.23. The second-order valence-corrected chi connectivity index (χ2v) is 7.96. The van der Waals surface area contributed by atoms with Gasteiger partial charge in [0, 0.05) is 26.9 Å². The van der Waals surface area contributed by atoms with Crippen molar-refractivity contribution >= 4 is 29.3 Å². The van der Waals surface area contributed by atoms with Crippen molar-refractivity contribution < 1.29 is 28.9 Å². The van der Waals surface area contributed by atoms with Crippen LogP contribution in [0.2, 0.25) is 0 Å². The molecule has 0 aliphatic carbocycles. The molecule has 8 heteroatoms. The minimum absolute atomic E-state index is 0.200. The monoisotopic (exact) mass is 475 g/mol. The van der Waals surface area contributed by atoms with Gasteiger partial charge in [0.05, 0.1) is 14.2 Å². The first-order valence-corrected chi connectivity index (χ1v) is 10.9. The molecule has 0 radical (unpaired) electrons. The third-order valence-corrected chi connectivity index (χ3v) is 5.31. The number of esters is 2. The van der Waals surface area contributed by atoms with E-state index in [9.17, 15) is 9.59 Å². The molecule has 0 unspecified atom stereocenters. The van der Waals surface area contributed by atoms with Crippen LogP contribution in [-0.4, -0.2) is 55.4 Å². The third-order valence-electron chi connectivity index (χ3n) is 4.86. The first kappa shape index (κ1) is 27.9. The van der Waals surface area contributed by atoms with Crippen LogP contribution in [-0.2, 0) is 31.9 Å². The van der Waals surface area contributed by atoms with Gasteiger partial charge >= 0.3 is 11.9 Å². The Kier molecular flexibility index (Phi) is 11.9. The fourth-order valence-electron chi connectivity index (χ4n) is 2.84. The van der Waals surface area contributed by atoms with E-state index in [1.807, 2.05) is 52.2 Å². The lowest BCUT2D eigenvalue weighted by Crippen LogP contribution is -2.25. The molecular formula is C25H33NO6S. The van der Waals surface area contributed by atoms with Crippen molar-refractivity contribution in [3.8, 4) is 11.5 Å². The highest BCUT2D eigenvalue weighted by atomic mass is 32.1. The van der Waals surface area contributed by atoms with Crippen molar-refractivity contribution in [2.75, 3.05) is 28.3 Å². The Balaban J connectivity index is 0.000000346. The molecule has 0 heterocycles. The average Bonchev–Trinajstić information content (AvgIpc) is 2.77. The number of carbonyl (C=O) groups excluding carboxylic acids is 2. The maximum Gasteiger partial charge on any atom is 0.305 e. The van der Waals surface area contributed by atoms with E-state index in [1.54, 1.807) is 17.0 Å². The van der Waals surface area contributed by atoms with Gasteiger partial charge in [0.25, 0.3) is 5.17 Å². The predicted molar refractivity (Wildman–Crippen MR) is 132 cm³/mol. The van der Waals surface area contributed by atoms with Gasteiger partial charge in [0.15, 0.2) is 0 Å². The summed E-state index contributed by atoms with van der Waals surface area (Å²) in [6.07, 6.45) is 2.07. The Hall–Kier alpha value is -3.13. The highest BCUT2D eigenvalue weighted by Crippen LogP contribution is 2.19. The van der Waals surface area contributed by atoms with Gasteiger partial charge in [-0.05, 0) is 85.4 Å². The van der Waals surface area contributed by atoms with Gasteiger partial charge < -0.3 is 24.2 Å². The fourth-order valence-corrected chi connectivity index (χ4v) is 2.94. The Bertz CT molecular complexity index is 958. The molecular weight excluding hydrogens is 442 g/mol. The van der Waals surface area contributed by atoms with Gasteiger partial charge in [-0.1, -0.05) is 12.1 Å². The second-order valence-electron chi connectivity index (χ2n) is 7.61. The van der Waals surface area contributed by atoms with Crippen LogP contribution >= 0.6 is 12.2 Å². The summed E-state index contributed by atoms with van der Waals surface area (Å²) in [5, 5.41) is 9.59. The van der Waals surface area contributed by atoms with E-state index >= 15 is 0 Å². The first-order valence-electron chi connectivity index (χ1n) is 10.5. The Labute approximate surface area is 201 Å². The Morgan fingerprint density at radius 1 is 0.879 bits per heavy atom. The number of carbonyl (C=O) groups is 2. The van der Waals surface area contributed by atoms with Crippen molar-refractivity contribution in [1.82, 2.24) is 4.90 Å². The molecule has 2 aromatic rings. The molecule has 0 aliphatic rings. The molecule has 2 aromatic carbocycles. The molecule has 0 fully saturated rings. The van der Waals surface area contributed by atoms with Crippen LogP contribution in [0.15, 0.2) is 36.4 Å². The molecule has 0 atom stereocenters. The van der Waals surface area contributed by atoms with Crippen LogP contribution < -0.4 is 4.74 Å². The van der Waals surface area contributed by atoms with Crippen molar-refractivity contribution in [2.45, 2.75) is 39.5 Å². The Morgan fingerprint density at radius 2 is 1.36 bits per heavy atom. The molecule has 7 nitrogen and oxygen atoms in total. The zero-order valence-electron chi connectivity index (χ0n) is 20.1. The molecule has 0 aromatic heterocycles. The van der Waals surface area contributed by atoms with Crippen LogP contribution in [0.1, 0.15) is 35.1 Å². The first-order chi connectivity index (χ1) is 15.6. The Morgan fingerprint density at radius 3 is 1.79 bits per heavy atom. The van der Waals surface area contributed by atoms with E-state index in [0.29, 0.717) is 36.6 Å². The topological polar surface area (TPSA) is 85.3 Å². The molecule has 1 N–H and O–H groups in total. The van der Waals surface area contributed by atoms with Gasteiger partial charge in [-0.2, -0.15) is 0 Å². The van der Waals surface area contributed by atoms with Gasteiger partial charge in [0.1, 0.15) is 11.5 Å². The highest BCUT2D eigenvalue weighted by molar-refractivity contribution is 7.80. The van der Waals surface area contributed by atoms with Crippen LogP contribution in [0.25, 0.3) is 0 Å². The number of benzene rings is 2. The lowest BCUT2D eigenvalue weighted by molar-refractivity contribution is -0.141. The van der Waals surface area contributed by atoms with Crippen LogP contribution in [0.5, 0.6) is 11.5 Å². The lowest BCUT2D eigenvalue weighted by Gasteiger charge is -2.15. The summed E-state index contributed by atoms with van der Waals surface area (Å²) < 4.78 is 14.7. The summed E-state index contributed by atoms with van der Waals surface area (Å²) in [5.74, 6) is 0.549. The van der Waals surface area contributed by atoms with Crippen LogP contribution in [0.4, 0.5) is 0 Å². The summed E-state index contributed by atoms with van der Waals surface area (Å²) in [4.78, 5) is 23.7. The second kappa shape index (κ2) is 14.1. The molecule has 0 aliphatic heterocycles. The molecule has 2 rings (SSSR count). The smallest absolute Gasteiger partial charge is 0.305 e. The van der Waals surface area contributed by atoms with Gasteiger partial charge in [-0.25, -0.2) is 0 Å². The number of phenols is 1. The van der Waals surface area contributed by atoms with Crippen LogP contribution in [0, 0.1) is 13.8 Å². The van der Waals surface area contributed by atoms with Crippen LogP contribution in [0.3, 0.4) is 0 Å². The zero-order chi connectivity index (χ0) is 25.0. The molecule has 0 saturated heterocycles. The number of aromatic hydroxyl groups is 1. The van der Waals surface area contributed by atoms with Crippen molar-refractivity contribution in [1.29, 1.82) is 0 Å². The molecule has 0 saturated carbocycles. The number of thiocarbonyl (C=S) groups is 1. The molecule has 0 spiro atoms. The number of hydrogen-bond acceptors (Lipinski definition) is 7. The molecule has 0 amide bonds. The van der Waals surface area contributed by atoms with E-state index in [0.717, 1.165) is 22.3 Å². The van der Waals surface area contributed by atoms with Gasteiger partial charge in [-0.3, -0.25) is 9.59 Å². The molecule has 33 heavy (non-hydrogen) atoms. The predicted octanol–water partition coefficient (Wildman–Crippen LogP) is 4.13. The zero-order valence-corrected chi connectivity index (χ0v) is 21.0. The average molecular weight is 476 g/mol. The van der Waals surface area contributed by atoms with Gasteiger partial charge in [-0.15, -0.1) is 0 Å². The normalized spacial score (nSPS) is 9.88. The summed E-state index contributed by atoms with van der Waals surface area (Å²) >= 11 is 5.08. The number of hydrogen-bond donors (Lipinski definition) is 1. The summed E-state index contributed by atoms with van der Waals surface area (Å²) in [6, 6.07) is 10.9. The van der Waals surface area contributed by atoms with Crippen molar-refractivity contribution in [2.24, 2.45) is 0 Å². The third kappa shape index (κ3) is 10.4. The molecule has 180 valence electrons. The number of nitrogens with zero attached hydrogens (tertiary/aromatic N) is 1. The minimum atomic E-state index is -0.211. The largest absolute Gasteiger partial charge is 0.508 e. The number of ether oxygens (including phenoxy) is 3. The number of phenolic OH excluding ortho intramolecular Hbond substituents is 1. The maximum atomic E-state index is 11.1. The van der Waals surface area contributed by atoms with Crippen molar-refractivity contribution in [3.05, 3.63) is 58.7 Å². The number of rotatable bonds is 7. The standard InChI is InChI=1S/C14H19NO3S.C11H14O3/c1-10-9-12(18-14(19)15(2)3)7-5-11(10)6-8-13(16)17-4;1-8-7-10(12)5-3-9(8)4-6-11(13)14-2/h5,7,9H,6,8H2,1-4H3;3,5,7,12H,4,6H2,1-2H3.